The molecule has 1 heterocycles. The van der Waals surface area contributed by atoms with Crippen molar-refractivity contribution in [3.8, 4) is 17.2 Å². The monoisotopic (exact) mass is 519 g/mol. The molecular weight excluding hydrogens is 490 g/mol. The van der Waals surface area contributed by atoms with Crippen LogP contribution in [0.4, 0.5) is 0 Å². The predicted octanol–water partition coefficient (Wildman–Crippen LogP) is 6.56. The summed E-state index contributed by atoms with van der Waals surface area (Å²) in [6.45, 7) is 5.67. The molecule has 1 saturated heterocycles. The third-order valence-corrected chi connectivity index (χ3v) is 7.28. The SMILES string of the molecule is COc1cc(/C=C2/SC(=S)N(Cc3ccccc3)C2=O)ccc1OCCCOc1cccc(C)c1C. The van der Waals surface area contributed by atoms with Gasteiger partial charge in [0.1, 0.15) is 10.1 Å². The topological polar surface area (TPSA) is 48.0 Å². The van der Waals surface area contributed by atoms with Crippen LogP contribution in [0.15, 0.2) is 71.6 Å². The maximum absolute atomic E-state index is 13.0. The van der Waals surface area contributed by atoms with E-state index in [4.69, 9.17) is 26.4 Å². The third kappa shape index (κ3) is 6.28. The number of thiocarbonyl (C=S) groups is 1. The van der Waals surface area contributed by atoms with Crippen LogP contribution in [0.5, 0.6) is 17.2 Å². The van der Waals surface area contributed by atoms with Crippen molar-refractivity contribution in [2.45, 2.75) is 26.8 Å². The molecule has 0 unspecified atom stereocenters. The Bertz CT molecular complexity index is 1270. The van der Waals surface area contributed by atoms with Gasteiger partial charge in [0.2, 0.25) is 0 Å². The number of carbonyl (C=O) groups is 1. The Morgan fingerprint density at radius 1 is 0.917 bits per heavy atom. The van der Waals surface area contributed by atoms with Gasteiger partial charge in [-0.3, -0.25) is 9.69 Å². The van der Waals surface area contributed by atoms with Crippen molar-refractivity contribution in [3.05, 3.63) is 93.9 Å². The molecule has 36 heavy (non-hydrogen) atoms. The number of nitrogens with zero attached hydrogens (tertiary/aromatic N) is 1. The number of amides is 1. The first kappa shape index (κ1) is 25.8. The van der Waals surface area contributed by atoms with Crippen LogP contribution in [0.3, 0.4) is 0 Å². The second kappa shape index (κ2) is 12.1. The lowest BCUT2D eigenvalue weighted by Crippen LogP contribution is -2.27. The first-order chi connectivity index (χ1) is 17.5. The van der Waals surface area contributed by atoms with Gasteiger partial charge in [0.25, 0.3) is 5.91 Å². The van der Waals surface area contributed by atoms with Crippen molar-refractivity contribution < 1.29 is 19.0 Å². The zero-order valence-corrected chi connectivity index (χ0v) is 22.3. The van der Waals surface area contributed by atoms with Crippen LogP contribution in [0.25, 0.3) is 6.08 Å². The summed E-state index contributed by atoms with van der Waals surface area (Å²) in [6.07, 6.45) is 2.58. The molecule has 186 valence electrons. The first-order valence-corrected chi connectivity index (χ1v) is 13.0. The zero-order chi connectivity index (χ0) is 25.5. The Morgan fingerprint density at radius 2 is 1.67 bits per heavy atom. The molecule has 1 amide bonds. The van der Waals surface area contributed by atoms with Crippen molar-refractivity contribution in [1.29, 1.82) is 0 Å². The molecule has 0 saturated carbocycles. The van der Waals surface area contributed by atoms with Gasteiger partial charge in [-0.25, -0.2) is 0 Å². The van der Waals surface area contributed by atoms with Gasteiger partial charge in [0.15, 0.2) is 11.5 Å². The van der Waals surface area contributed by atoms with Crippen LogP contribution in [0, 0.1) is 13.8 Å². The lowest BCUT2D eigenvalue weighted by molar-refractivity contribution is -0.122. The van der Waals surface area contributed by atoms with E-state index >= 15 is 0 Å². The van der Waals surface area contributed by atoms with Crippen molar-refractivity contribution >= 4 is 40.3 Å². The van der Waals surface area contributed by atoms with Gasteiger partial charge in [-0.1, -0.05) is 72.5 Å². The Morgan fingerprint density at radius 3 is 2.42 bits per heavy atom. The molecule has 3 aromatic rings. The molecule has 4 rings (SSSR count). The van der Waals surface area contributed by atoms with Crippen LogP contribution >= 0.6 is 24.0 Å². The molecule has 7 heteroatoms. The minimum atomic E-state index is -0.0861. The molecule has 0 radical (unpaired) electrons. The third-order valence-electron chi connectivity index (χ3n) is 5.90. The molecule has 0 atom stereocenters. The van der Waals surface area contributed by atoms with Crippen LogP contribution in [0.1, 0.15) is 28.7 Å². The van der Waals surface area contributed by atoms with E-state index < -0.39 is 0 Å². The molecular formula is C29H29NO4S2. The molecule has 0 aromatic heterocycles. The van der Waals surface area contributed by atoms with Gasteiger partial charge in [0.05, 0.1) is 31.8 Å². The van der Waals surface area contributed by atoms with Gasteiger partial charge in [-0.15, -0.1) is 0 Å². The summed E-state index contributed by atoms with van der Waals surface area (Å²) in [4.78, 5) is 15.2. The molecule has 1 aliphatic heterocycles. The van der Waals surface area contributed by atoms with E-state index in [9.17, 15) is 4.79 Å². The zero-order valence-electron chi connectivity index (χ0n) is 20.7. The summed E-state index contributed by atoms with van der Waals surface area (Å²) in [5, 5.41) is 0. The number of ether oxygens (including phenoxy) is 3. The van der Waals surface area contributed by atoms with Crippen molar-refractivity contribution in [3.63, 3.8) is 0 Å². The van der Waals surface area contributed by atoms with E-state index in [0.717, 1.165) is 28.9 Å². The van der Waals surface area contributed by atoms with Gasteiger partial charge < -0.3 is 14.2 Å². The number of hydrogen-bond donors (Lipinski definition) is 0. The molecule has 0 N–H and O–H groups in total. The summed E-state index contributed by atoms with van der Waals surface area (Å²) >= 11 is 6.78. The Kier molecular flexibility index (Phi) is 8.67. The predicted molar refractivity (Wildman–Crippen MR) is 150 cm³/mol. The number of benzene rings is 3. The van der Waals surface area contributed by atoms with E-state index in [0.29, 0.717) is 40.5 Å². The Labute approximate surface area is 222 Å². The summed E-state index contributed by atoms with van der Waals surface area (Å²) in [7, 11) is 1.61. The standard InChI is InChI=1S/C29H29NO4S2/c1-20-9-7-12-24(21(20)2)33-15-8-16-34-25-14-13-23(17-26(25)32-3)18-27-28(31)30(29(35)36-27)19-22-10-5-4-6-11-22/h4-7,9-14,17-18H,8,15-16,19H2,1-3H3/b27-18+. The van der Waals surface area contributed by atoms with E-state index in [-0.39, 0.29) is 5.91 Å². The van der Waals surface area contributed by atoms with Crippen LogP contribution < -0.4 is 14.2 Å². The Hall–Kier alpha value is -3.29. The average Bonchev–Trinajstić information content (AvgIpc) is 3.14. The molecule has 0 spiro atoms. The van der Waals surface area contributed by atoms with Gasteiger partial charge >= 0.3 is 0 Å². The quantitative estimate of drug-likeness (QED) is 0.172. The van der Waals surface area contributed by atoms with E-state index in [1.807, 2.05) is 66.7 Å². The summed E-state index contributed by atoms with van der Waals surface area (Å²) in [6, 6.07) is 21.5. The molecule has 1 aliphatic rings. The van der Waals surface area contributed by atoms with Crippen LogP contribution in [0.2, 0.25) is 0 Å². The average molecular weight is 520 g/mol. The second-order valence-corrected chi connectivity index (χ2v) is 10.1. The number of carbonyl (C=O) groups excluding carboxylic acids is 1. The molecule has 0 aliphatic carbocycles. The minimum Gasteiger partial charge on any atom is -0.493 e. The molecule has 5 nitrogen and oxygen atoms in total. The maximum Gasteiger partial charge on any atom is 0.266 e. The lowest BCUT2D eigenvalue weighted by Gasteiger charge is -2.14. The van der Waals surface area contributed by atoms with E-state index in [2.05, 4.69) is 19.9 Å². The molecule has 1 fully saturated rings. The van der Waals surface area contributed by atoms with Gasteiger partial charge in [-0.05, 0) is 60.4 Å². The number of rotatable bonds is 10. The highest BCUT2D eigenvalue weighted by Gasteiger charge is 2.32. The number of thioether (sulfide) groups is 1. The fourth-order valence-electron chi connectivity index (χ4n) is 3.75. The normalized spacial score (nSPS) is 14.4. The smallest absolute Gasteiger partial charge is 0.266 e. The van der Waals surface area contributed by atoms with Crippen molar-refractivity contribution in [1.82, 2.24) is 4.90 Å². The number of aryl methyl sites for hydroxylation is 1. The summed E-state index contributed by atoms with van der Waals surface area (Å²) in [5.41, 5.74) is 4.26. The molecule has 0 bridgehead atoms. The van der Waals surface area contributed by atoms with Crippen molar-refractivity contribution in [2.75, 3.05) is 20.3 Å². The molecule has 3 aromatic carbocycles. The fraction of sp³-hybridized carbons (Fsp3) is 0.241. The number of methoxy groups -OCH3 is 1. The summed E-state index contributed by atoms with van der Waals surface area (Å²) in [5.74, 6) is 2.08. The van der Waals surface area contributed by atoms with Gasteiger partial charge in [-0.2, -0.15) is 0 Å². The van der Waals surface area contributed by atoms with Gasteiger partial charge in [0, 0.05) is 6.42 Å². The summed E-state index contributed by atoms with van der Waals surface area (Å²) < 4.78 is 17.9. The largest absolute Gasteiger partial charge is 0.493 e. The maximum atomic E-state index is 13.0. The highest BCUT2D eigenvalue weighted by Crippen LogP contribution is 2.35. The number of hydrogen-bond acceptors (Lipinski definition) is 6. The van der Waals surface area contributed by atoms with Crippen LogP contribution in [-0.4, -0.2) is 35.5 Å². The van der Waals surface area contributed by atoms with Crippen LogP contribution in [-0.2, 0) is 11.3 Å². The highest BCUT2D eigenvalue weighted by molar-refractivity contribution is 8.26. The van der Waals surface area contributed by atoms with E-state index in [1.54, 1.807) is 12.0 Å². The van der Waals surface area contributed by atoms with Crippen molar-refractivity contribution in [2.24, 2.45) is 0 Å². The first-order valence-electron chi connectivity index (χ1n) is 11.8. The fourth-order valence-corrected chi connectivity index (χ4v) is 5.01. The van der Waals surface area contributed by atoms with E-state index in [1.165, 1.54) is 17.3 Å². The minimum absolute atomic E-state index is 0.0861. The lowest BCUT2D eigenvalue weighted by atomic mass is 10.1. The second-order valence-electron chi connectivity index (χ2n) is 8.41. The highest BCUT2D eigenvalue weighted by atomic mass is 32.2. The Balaban J connectivity index is 1.34.